The smallest absolute Gasteiger partial charge is 0.270 e. The number of ketones is 1. The molecule has 3 amide bonds. The van der Waals surface area contributed by atoms with Crippen LogP contribution in [0.5, 0.6) is 5.75 Å². The lowest BCUT2D eigenvalue weighted by molar-refractivity contribution is 0.0926. The van der Waals surface area contributed by atoms with Crippen LogP contribution in [-0.4, -0.2) is 43.2 Å². The molecule has 2 heterocycles. The summed E-state index contributed by atoms with van der Waals surface area (Å²) in [6.45, 7) is 3.21. The molecule has 13 heteroatoms. The number of Topliss-reactive ketones (excluding diaryl/α,β-unsaturated/α-hetero) is 1. The molecular weight excluding hydrogens is 610 g/mol. The Hall–Kier alpha value is -5.98. The minimum Gasteiger partial charge on any atom is -0.508 e. The molecule has 0 saturated heterocycles. The number of anilines is 1. The van der Waals surface area contributed by atoms with Crippen molar-refractivity contribution in [2.45, 2.75) is 39.3 Å². The van der Waals surface area contributed by atoms with Crippen LogP contribution in [0.1, 0.15) is 83.3 Å². The molecule has 47 heavy (non-hydrogen) atoms. The fourth-order valence-electron chi connectivity index (χ4n) is 5.75. The predicted molar refractivity (Wildman–Crippen MR) is 166 cm³/mol. The average molecular weight is 639 g/mol. The van der Waals surface area contributed by atoms with Crippen LogP contribution in [-0.2, 0) is 13.0 Å². The standard InChI is InChI=1S/C34H28F2N6O5/c1-17-22(18(2)43)7-8-24-23(17)9-11-28(24)41-34(47)30-14-29(33(46)37-15-19-6-10-26(35)27(36)12-19)40-31-25(16-38-42(30)31)32(45)39-20-4-3-5-21(44)13-20/h3-8,10,12-14,16,28,44H,9,11,15H2,1-2H3,(H,37,46)(H,39,45)(H,41,47)/t28-/m0/s1. The molecule has 2 aromatic heterocycles. The third kappa shape index (κ3) is 6.15. The monoisotopic (exact) mass is 638 g/mol. The predicted octanol–water partition coefficient (Wildman–Crippen LogP) is 4.82. The highest BCUT2D eigenvalue weighted by molar-refractivity contribution is 6.09. The summed E-state index contributed by atoms with van der Waals surface area (Å²) >= 11 is 0. The molecule has 0 aliphatic heterocycles. The number of hydrogen-bond donors (Lipinski definition) is 4. The van der Waals surface area contributed by atoms with Crippen molar-refractivity contribution >= 4 is 34.8 Å². The van der Waals surface area contributed by atoms with E-state index in [1.54, 1.807) is 18.2 Å². The number of phenols is 1. The van der Waals surface area contributed by atoms with E-state index >= 15 is 0 Å². The third-order valence-electron chi connectivity index (χ3n) is 8.10. The number of phenolic OH excluding ortho intramolecular Hbond substituents is 1. The second-order valence-corrected chi connectivity index (χ2v) is 11.2. The molecule has 0 saturated carbocycles. The Morgan fingerprint density at radius 3 is 2.51 bits per heavy atom. The average Bonchev–Trinajstić information content (AvgIpc) is 3.66. The number of nitrogens with zero attached hydrogens (tertiary/aromatic N) is 3. The highest BCUT2D eigenvalue weighted by Crippen LogP contribution is 2.35. The molecule has 1 aliphatic rings. The van der Waals surface area contributed by atoms with Gasteiger partial charge < -0.3 is 21.1 Å². The van der Waals surface area contributed by atoms with Crippen LogP contribution >= 0.6 is 0 Å². The van der Waals surface area contributed by atoms with E-state index in [-0.39, 0.29) is 51.9 Å². The number of aromatic hydroxyl groups is 1. The van der Waals surface area contributed by atoms with E-state index in [2.05, 4.69) is 26.0 Å². The van der Waals surface area contributed by atoms with Crippen molar-refractivity contribution in [1.82, 2.24) is 25.2 Å². The van der Waals surface area contributed by atoms with Crippen molar-refractivity contribution in [2.75, 3.05) is 5.32 Å². The number of carbonyl (C=O) groups excluding carboxylic acids is 4. The van der Waals surface area contributed by atoms with E-state index in [9.17, 15) is 33.1 Å². The van der Waals surface area contributed by atoms with Gasteiger partial charge in [-0.3, -0.25) is 19.2 Å². The first-order valence-electron chi connectivity index (χ1n) is 14.7. The van der Waals surface area contributed by atoms with Gasteiger partial charge in [-0.1, -0.05) is 24.3 Å². The van der Waals surface area contributed by atoms with E-state index in [0.717, 1.165) is 33.3 Å². The fourth-order valence-corrected chi connectivity index (χ4v) is 5.75. The van der Waals surface area contributed by atoms with Crippen LogP contribution in [0.2, 0.25) is 0 Å². The number of carbonyl (C=O) groups is 4. The maximum atomic E-state index is 13.8. The second-order valence-electron chi connectivity index (χ2n) is 11.2. The van der Waals surface area contributed by atoms with Crippen molar-refractivity contribution < 1.29 is 33.1 Å². The van der Waals surface area contributed by atoms with Crippen LogP contribution in [0.3, 0.4) is 0 Å². The molecule has 4 N–H and O–H groups in total. The van der Waals surface area contributed by atoms with Crippen molar-refractivity contribution in [3.63, 3.8) is 0 Å². The van der Waals surface area contributed by atoms with Gasteiger partial charge in [0.15, 0.2) is 23.1 Å². The molecule has 11 nitrogen and oxygen atoms in total. The minimum absolute atomic E-state index is 0.0464. The lowest BCUT2D eigenvalue weighted by Crippen LogP contribution is -2.31. The van der Waals surface area contributed by atoms with E-state index in [4.69, 9.17) is 0 Å². The first-order valence-corrected chi connectivity index (χ1v) is 14.7. The van der Waals surface area contributed by atoms with Gasteiger partial charge in [0.2, 0.25) is 0 Å². The van der Waals surface area contributed by atoms with E-state index < -0.39 is 35.4 Å². The summed E-state index contributed by atoms with van der Waals surface area (Å²) in [5.41, 5.74) is 3.46. The first kappa shape index (κ1) is 31.0. The second kappa shape index (κ2) is 12.4. The van der Waals surface area contributed by atoms with Gasteiger partial charge in [-0.25, -0.2) is 18.3 Å². The third-order valence-corrected chi connectivity index (χ3v) is 8.10. The highest BCUT2D eigenvalue weighted by Gasteiger charge is 2.29. The molecule has 3 aromatic carbocycles. The summed E-state index contributed by atoms with van der Waals surface area (Å²) in [4.78, 5) is 56.8. The van der Waals surface area contributed by atoms with Gasteiger partial charge in [0, 0.05) is 29.9 Å². The number of aromatic nitrogens is 3. The Labute approximate surface area is 266 Å². The molecule has 1 atom stereocenters. The molecule has 5 aromatic rings. The maximum Gasteiger partial charge on any atom is 0.270 e. The molecule has 0 radical (unpaired) electrons. The number of hydrogen-bond acceptors (Lipinski definition) is 7. The Morgan fingerprint density at radius 1 is 0.957 bits per heavy atom. The van der Waals surface area contributed by atoms with E-state index in [1.165, 1.54) is 37.4 Å². The molecule has 0 unspecified atom stereocenters. The SMILES string of the molecule is CC(=O)c1ccc2c(c1C)CC[C@@H]2NC(=O)c1cc(C(=O)NCc2ccc(F)c(F)c2)nc2c(C(=O)Nc3cccc(O)c3)cnn12. The Kier molecular flexibility index (Phi) is 8.20. The number of amides is 3. The Morgan fingerprint density at radius 2 is 1.77 bits per heavy atom. The van der Waals surface area contributed by atoms with Crippen molar-refractivity contribution in [3.8, 4) is 5.75 Å². The number of benzene rings is 3. The lowest BCUT2D eigenvalue weighted by atomic mass is 9.96. The molecule has 1 aliphatic carbocycles. The minimum atomic E-state index is -1.07. The summed E-state index contributed by atoms with van der Waals surface area (Å²) in [5.74, 6) is -4.22. The quantitative estimate of drug-likeness (QED) is 0.178. The number of nitrogens with one attached hydrogen (secondary N) is 3. The Balaban J connectivity index is 1.34. The van der Waals surface area contributed by atoms with Gasteiger partial charge in [0.1, 0.15) is 22.7 Å². The molecular formula is C34H28F2N6O5. The normalized spacial score (nSPS) is 13.7. The van der Waals surface area contributed by atoms with Gasteiger partial charge in [-0.2, -0.15) is 5.10 Å². The molecule has 0 fully saturated rings. The zero-order valence-corrected chi connectivity index (χ0v) is 25.2. The van der Waals surface area contributed by atoms with Gasteiger partial charge in [-0.15, -0.1) is 0 Å². The van der Waals surface area contributed by atoms with E-state index in [1.807, 2.05) is 13.0 Å². The summed E-state index contributed by atoms with van der Waals surface area (Å²) in [5, 5.41) is 22.2. The van der Waals surface area contributed by atoms with Crippen LogP contribution in [0, 0.1) is 18.6 Å². The Bertz CT molecular complexity index is 2110. The highest BCUT2D eigenvalue weighted by atomic mass is 19.2. The van der Waals surface area contributed by atoms with Crippen LogP contribution in [0.4, 0.5) is 14.5 Å². The largest absolute Gasteiger partial charge is 0.508 e. The zero-order chi connectivity index (χ0) is 33.4. The van der Waals surface area contributed by atoms with Crippen LogP contribution in [0.15, 0.2) is 66.9 Å². The fraction of sp³-hybridized carbons (Fsp3) is 0.176. The topological polar surface area (TPSA) is 155 Å². The van der Waals surface area contributed by atoms with Gasteiger partial charge in [0.25, 0.3) is 17.7 Å². The summed E-state index contributed by atoms with van der Waals surface area (Å²) in [7, 11) is 0. The summed E-state index contributed by atoms with van der Waals surface area (Å²) in [6, 6.07) is 13.5. The first-order chi connectivity index (χ1) is 22.5. The molecule has 238 valence electrons. The van der Waals surface area contributed by atoms with Gasteiger partial charge in [0.05, 0.1) is 12.2 Å². The molecule has 0 bridgehead atoms. The zero-order valence-electron chi connectivity index (χ0n) is 25.2. The molecule has 0 spiro atoms. The maximum absolute atomic E-state index is 13.8. The van der Waals surface area contributed by atoms with Crippen molar-refractivity contribution in [1.29, 1.82) is 0 Å². The van der Waals surface area contributed by atoms with Gasteiger partial charge in [-0.05, 0) is 73.2 Å². The number of halogens is 2. The van der Waals surface area contributed by atoms with Crippen molar-refractivity contribution in [3.05, 3.63) is 123 Å². The summed E-state index contributed by atoms with van der Waals surface area (Å²) in [6.07, 6.45) is 2.44. The lowest BCUT2D eigenvalue weighted by Gasteiger charge is -2.16. The van der Waals surface area contributed by atoms with Gasteiger partial charge >= 0.3 is 0 Å². The number of fused-ring (bicyclic) bond motifs is 2. The van der Waals surface area contributed by atoms with Crippen LogP contribution in [0.25, 0.3) is 5.65 Å². The van der Waals surface area contributed by atoms with Crippen LogP contribution < -0.4 is 16.0 Å². The van der Waals surface area contributed by atoms with Crippen molar-refractivity contribution in [2.24, 2.45) is 0 Å². The summed E-state index contributed by atoms with van der Waals surface area (Å²) < 4.78 is 28.3. The van der Waals surface area contributed by atoms with E-state index in [0.29, 0.717) is 18.4 Å². The molecule has 6 rings (SSSR count). The number of rotatable bonds is 8.